The van der Waals surface area contributed by atoms with Crippen LogP contribution in [0.15, 0.2) is 5.51 Å². The molecule has 0 aliphatic heterocycles. The minimum atomic E-state index is 0.956. The van der Waals surface area contributed by atoms with Gasteiger partial charge in [-0.2, -0.15) is 0 Å². The van der Waals surface area contributed by atoms with Gasteiger partial charge in [-0.05, 0) is 38.1 Å². The van der Waals surface area contributed by atoms with Crippen molar-refractivity contribution < 1.29 is 0 Å². The Hall–Kier alpha value is -0.410. The molecule has 1 fully saturated rings. The molecule has 2 unspecified atom stereocenters. The van der Waals surface area contributed by atoms with E-state index in [9.17, 15) is 0 Å². The van der Waals surface area contributed by atoms with Gasteiger partial charge in [0.2, 0.25) is 0 Å². The van der Waals surface area contributed by atoms with Crippen LogP contribution < -0.4 is 5.32 Å². The fraction of sp³-hybridized carbons (Fsp3) is 0.786. The van der Waals surface area contributed by atoms with Gasteiger partial charge in [-0.3, -0.25) is 0 Å². The van der Waals surface area contributed by atoms with Gasteiger partial charge in [-0.1, -0.05) is 26.2 Å². The van der Waals surface area contributed by atoms with Gasteiger partial charge in [0.15, 0.2) is 0 Å². The van der Waals surface area contributed by atoms with Gasteiger partial charge in [-0.25, -0.2) is 4.98 Å². The maximum atomic E-state index is 4.27. The Labute approximate surface area is 109 Å². The first-order valence-corrected chi connectivity index (χ1v) is 7.73. The predicted molar refractivity (Wildman–Crippen MR) is 74.3 cm³/mol. The first-order valence-electron chi connectivity index (χ1n) is 6.85. The van der Waals surface area contributed by atoms with Crippen molar-refractivity contribution in [2.45, 2.75) is 52.5 Å². The molecule has 1 aliphatic rings. The molecule has 0 amide bonds. The maximum Gasteiger partial charge on any atom is 0.0798 e. The van der Waals surface area contributed by atoms with E-state index in [2.05, 4.69) is 24.1 Å². The van der Waals surface area contributed by atoms with Crippen LogP contribution in [0, 0.1) is 18.8 Å². The van der Waals surface area contributed by atoms with Crippen LogP contribution in [0.4, 0.5) is 0 Å². The van der Waals surface area contributed by atoms with E-state index in [1.165, 1.54) is 42.7 Å². The highest BCUT2D eigenvalue weighted by Gasteiger charge is 2.18. The van der Waals surface area contributed by atoms with Crippen LogP contribution in [0.3, 0.4) is 0 Å². The van der Waals surface area contributed by atoms with Gasteiger partial charge in [-0.15, -0.1) is 11.3 Å². The molecule has 1 aromatic rings. The molecule has 0 aromatic carbocycles. The first kappa shape index (κ1) is 13.0. The molecule has 2 nitrogen and oxygen atoms in total. The topological polar surface area (TPSA) is 24.9 Å². The van der Waals surface area contributed by atoms with Crippen molar-refractivity contribution in [2.24, 2.45) is 11.8 Å². The summed E-state index contributed by atoms with van der Waals surface area (Å²) in [5, 5.41) is 3.56. The molecule has 2 rings (SSSR count). The summed E-state index contributed by atoms with van der Waals surface area (Å²) >= 11 is 1.76. The lowest BCUT2D eigenvalue weighted by atomic mass is 9.81. The van der Waals surface area contributed by atoms with Crippen LogP contribution in [0.25, 0.3) is 0 Å². The van der Waals surface area contributed by atoms with Crippen LogP contribution in [-0.2, 0) is 6.54 Å². The number of rotatable bonds is 5. The average molecular weight is 252 g/mol. The molecule has 1 heterocycles. The van der Waals surface area contributed by atoms with Crippen LogP contribution in [-0.4, -0.2) is 11.5 Å². The van der Waals surface area contributed by atoms with E-state index >= 15 is 0 Å². The summed E-state index contributed by atoms with van der Waals surface area (Å²) < 4.78 is 0. The molecule has 1 aliphatic carbocycles. The van der Waals surface area contributed by atoms with Gasteiger partial charge >= 0.3 is 0 Å². The van der Waals surface area contributed by atoms with E-state index in [-0.39, 0.29) is 0 Å². The summed E-state index contributed by atoms with van der Waals surface area (Å²) in [6.07, 6.45) is 7.14. The highest BCUT2D eigenvalue weighted by Crippen LogP contribution is 2.30. The van der Waals surface area contributed by atoms with Crippen molar-refractivity contribution >= 4 is 11.3 Å². The largest absolute Gasteiger partial charge is 0.312 e. The second kappa shape index (κ2) is 6.50. The zero-order valence-electron chi connectivity index (χ0n) is 11.0. The van der Waals surface area contributed by atoms with Crippen molar-refractivity contribution in [1.82, 2.24) is 10.3 Å². The summed E-state index contributed by atoms with van der Waals surface area (Å²) in [7, 11) is 0. The van der Waals surface area contributed by atoms with E-state index in [1.807, 2.05) is 5.51 Å². The second-order valence-corrected chi connectivity index (χ2v) is 6.40. The minimum absolute atomic E-state index is 0.956. The van der Waals surface area contributed by atoms with Crippen molar-refractivity contribution in [2.75, 3.05) is 6.54 Å². The Kier molecular flexibility index (Phi) is 4.99. The molecule has 96 valence electrons. The Morgan fingerprint density at radius 1 is 1.47 bits per heavy atom. The van der Waals surface area contributed by atoms with E-state index < -0.39 is 0 Å². The van der Waals surface area contributed by atoms with Crippen molar-refractivity contribution in [3.63, 3.8) is 0 Å². The molecular formula is C14H24N2S. The highest BCUT2D eigenvalue weighted by molar-refractivity contribution is 7.09. The number of nitrogens with zero attached hydrogens (tertiary/aromatic N) is 1. The standard InChI is InChI=1S/C14H24N2S/c1-11-4-3-5-13(8-11)6-7-15-9-14-12(2)16-10-17-14/h10-11,13,15H,3-9H2,1-2H3. The van der Waals surface area contributed by atoms with Crippen molar-refractivity contribution in [3.8, 4) is 0 Å². The summed E-state index contributed by atoms with van der Waals surface area (Å²) in [4.78, 5) is 5.66. The van der Waals surface area contributed by atoms with E-state index in [0.29, 0.717) is 0 Å². The van der Waals surface area contributed by atoms with Gasteiger partial charge in [0.1, 0.15) is 0 Å². The monoisotopic (exact) mass is 252 g/mol. The number of aryl methyl sites for hydroxylation is 1. The number of hydrogen-bond acceptors (Lipinski definition) is 3. The Balaban J connectivity index is 1.61. The molecule has 17 heavy (non-hydrogen) atoms. The fourth-order valence-electron chi connectivity index (χ4n) is 2.83. The summed E-state index contributed by atoms with van der Waals surface area (Å²) in [5.41, 5.74) is 3.13. The number of nitrogens with one attached hydrogen (secondary N) is 1. The van der Waals surface area contributed by atoms with E-state index in [4.69, 9.17) is 0 Å². The van der Waals surface area contributed by atoms with Crippen LogP contribution in [0.5, 0.6) is 0 Å². The highest BCUT2D eigenvalue weighted by atomic mass is 32.1. The average Bonchev–Trinajstić information content (AvgIpc) is 2.71. The van der Waals surface area contributed by atoms with Gasteiger partial charge in [0.05, 0.1) is 11.2 Å². The fourth-order valence-corrected chi connectivity index (χ4v) is 3.57. The summed E-state index contributed by atoms with van der Waals surface area (Å²) in [6.45, 7) is 6.66. The van der Waals surface area contributed by atoms with E-state index in [0.717, 1.165) is 24.9 Å². The van der Waals surface area contributed by atoms with E-state index in [1.54, 1.807) is 11.3 Å². The zero-order valence-corrected chi connectivity index (χ0v) is 11.9. The first-order chi connectivity index (χ1) is 8.25. The summed E-state index contributed by atoms with van der Waals surface area (Å²) in [5.74, 6) is 1.92. The lowest BCUT2D eigenvalue weighted by Gasteiger charge is -2.26. The van der Waals surface area contributed by atoms with Crippen molar-refractivity contribution in [1.29, 1.82) is 0 Å². The third-order valence-electron chi connectivity index (χ3n) is 3.90. The normalized spacial score (nSPS) is 25.1. The number of hydrogen-bond donors (Lipinski definition) is 1. The number of aromatic nitrogens is 1. The van der Waals surface area contributed by atoms with Gasteiger partial charge < -0.3 is 5.32 Å². The molecule has 0 spiro atoms. The molecular weight excluding hydrogens is 228 g/mol. The van der Waals surface area contributed by atoms with Crippen LogP contribution in [0.1, 0.15) is 49.6 Å². The predicted octanol–water partition coefficient (Wildman–Crippen LogP) is 3.76. The van der Waals surface area contributed by atoms with Crippen molar-refractivity contribution in [3.05, 3.63) is 16.1 Å². The van der Waals surface area contributed by atoms with Gasteiger partial charge in [0.25, 0.3) is 0 Å². The third-order valence-corrected chi connectivity index (χ3v) is 4.84. The molecule has 3 heteroatoms. The smallest absolute Gasteiger partial charge is 0.0798 e. The number of thiazole rings is 1. The Morgan fingerprint density at radius 2 is 2.35 bits per heavy atom. The quantitative estimate of drug-likeness (QED) is 0.807. The molecule has 1 N–H and O–H groups in total. The minimum Gasteiger partial charge on any atom is -0.312 e. The molecule has 0 saturated heterocycles. The zero-order chi connectivity index (χ0) is 12.1. The second-order valence-electron chi connectivity index (χ2n) is 5.46. The maximum absolute atomic E-state index is 4.27. The Morgan fingerprint density at radius 3 is 3.06 bits per heavy atom. The lowest BCUT2D eigenvalue weighted by Crippen LogP contribution is -2.21. The lowest BCUT2D eigenvalue weighted by molar-refractivity contribution is 0.267. The molecule has 1 saturated carbocycles. The third kappa shape index (κ3) is 4.07. The Bertz CT molecular complexity index is 335. The van der Waals surface area contributed by atoms with Crippen LogP contribution in [0.2, 0.25) is 0 Å². The van der Waals surface area contributed by atoms with Crippen LogP contribution >= 0.6 is 11.3 Å². The molecule has 2 atom stereocenters. The van der Waals surface area contributed by atoms with Gasteiger partial charge in [0, 0.05) is 11.4 Å². The molecule has 0 bridgehead atoms. The molecule has 1 aromatic heterocycles. The summed E-state index contributed by atoms with van der Waals surface area (Å²) in [6, 6.07) is 0. The SMILES string of the molecule is Cc1ncsc1CNCCC1CCCC(C)C1. The molecule has 0 radical (unpaired) electrons.